The van der Waals surface area contributed by atoms with E-state index < -0.39 is 0 Å². The summed E-state index contributed by atoms with van der Waals surface area (Å²) in [4.78, 5) is 14.1. The maximum Gasteiger partial charge on any atom is 0.274 e. The maximum absolute atomic E-state index is 13.0. The Bertz CT molecular complexity index is 616. The summed E-state index contributed by atoms with van der Waals surface area (Å²) < 4.78 is 13.0. The number of amides is 1. The van der Waals surface area contributed by atoms with Crippen LogP contribution in [0.15, 0.2) is 36.4 Å². The Labute approximate surface area is 127 Å². The normalized spacial score (nSPS) is 12.0. The fraction of sp³-hybridized carbons (Fsp3) is 0.267. The van der Waals surface area contributed by atoms with Crippen LogP contribution in [-0.2, 0) is 0 Å². The van der Waals surface area contributed by atoms with Crippen LogP contribution >= 0.6 is 11.6 Å². The molecule has 0 fully saturated rings. The van der Waals surface area contributed by atoms with Crippen molar-refractivity contribution in [1.29, 1.82) is 0 Å². The second-order valence-corrected chi connectivity index (χ2v) is 4.95. The van der Waals surface area contributed by atoms with Crippen LogP contribution in [0.1, 0.15) is 35.9 Å². The molecular formula is C15H15ClFN3O. The van der Waals surface area contributed by atoms with Gasteiger partial charge in [-0.05, 0) is 43.7 Å². The molecule has 0 aliphatic carbocycles. The average molecular weight is 308 g/mol. The van der Waals surface area contributed by atoms with Gasteiger partial charge in [-0.1, -0.05) is 23.7 Å². The quantitative estimate of drug-likeness (QED) is 0.868. The standard InChI is InChI=1S/C15H15ClFN3O/c1-3-20(10(2)11-4-6-12(17)7-5-11)15(21)13-8-9-14(16)19-18-13/h4-10H,3H2,1-2H3. The zero-order valence-electron chi connectivity index (χ0n) is 11.8. The predicted molar refractivity (Wildman–Crippen MR) is 78.6 cm³/mol. The molecule has 0 spiro atoms. The van der Waals surface area contributed by atoms with Gasteiger partial charge in [0.15, 0.2) is 10.8 Å². The van der Waals surface area contributed by atoms with Crippen molar-refractivity contribution in [2.24, 2.45) is 0 Å². The molecule has 1 unspecified atom stereocenters. The molecular weight excluding hydrogens is 293 g/mol. The molecule has 2 aromatic rings. The molecule has 1 atom stereocenters. The summed E-state index contributed by atoms with van der Waals surface area (Å²) in [6.07, 6.45) is 0. The first-order valence-corrected chi connectivity index (χ1v) is 6.96. The number of rotatable bonds is 4. The van der Waals surface area contributed by atoms with Gasteiger partial charge in [0, 0.05) is 6.54 Å². The molecule has 1 aromatic heterocycles. The van der Waals surface area contributed by atoms with E-state index >= 15 is 0 Å². The molecule has 0 radical (unpaired) electrons. The maximum atomic E-state index is 13.0. The minimum atomic E-state index is -0.302. The SMILES string of the molecule is CCN(C(=O)c1ccc(Cl)nn1)C(C)c1ccc(F)cc1. The van der Waals surface area contributed by atoms with Crippen molar-refractivity contribution >= 4 is 17.5 Å². The highest BCUT2D eigenvalue weighted by Gasteiger charge is 2.22. The van der Waals surface area contributed by atoms with Crippen molar-refractivity contribution in [3.05, 3.63) is 58.6 Å². The van der Waals surface area contributed by atoms with Crippen LogP contribution < -0.4 is 0 Å². The summed E-state index contributed by atoms with van der Waals surface area (Å²) in [5.41, 5.74) is 1.09. The van der Waals surface area contributed by atoms with Crippen molar-refractivity contribution < 1.29 is 9.18 Å². The van der Waals surface area contributed by atoms with E-state index in [1.165, 1.54) is 24.3 Å². The first kappa shape index (κ1) is 15.4. The Kier molecular flexibility index (Phi) is 4.85. The van der Waals surface area contributed by atoms with Gasteiger partial charge in [0.25, 0.3) is 5.91 Å². The molecule has 0 bridgehead atoms. The number of carbonyl (C=O) groups excluding carboxylic acids is 1. The highest BCUT2D eigenvalue weighted by atomic mass is 35.5. The van der Waals surface area contributed by atoms with E-state index in [2.05, 4.69) is 10.2 Å². The minimum Gasteiger partial charge on any atom is -0.331 e. The molecule has 1 aromatic carbocycles. The summed E-state index contributed by atoms with van der Waals surface area (Å²) in [6.45, 7) is 4.26. The second-order valence-electron chi connectivity index (χ2n) is 4.56. The van der Waals surface area contributed by atoms with Gasteiger partial charge in [-0.25, -0.2) is 4.39 Å². The van der Waals surface area contributed by atoms with Crippen LogP contribution in [-0.4, -0.2) is 27.5 Å². The smallest absolute Gasteiger partial charge is 0.274 e. The molecule has 6 heteroatoms. The number of hydrogen-bond acceptors (Lipinski definition) is 3. The molecule has 1 heterocycles. The van der Waals surface area contributed by atoms with Crippen LogP contribution in [0.3, 0.4) is 0 Å². The van der Waals surface area contributed by atoms with Crippen LogP contribution in [0, 0.1) is 5.82 Å². The van der Waals surface area contributed by atoms with Crippen molar-refractivity contribution in [3.63, 3.8) is 0 Å². The van der Waals surface area contributed by atoms with E-state index in [9.17, 15) is 9.18 Å². The van der Waals surface area contributed by atoms with Gasteiger partial charge < -0.3 is 4.90 Å². The lowest BCUT2D eigenvalue weighted by atomic mass is 10.1. The Morgan fingerprint density at radius 3 is 2.43 bits per heavy atom. The zero-order valence-corrected chi connectivity index (χ0v) is 12.5. The lowest BCUT2D eigenvalue weighted by molar-refractivity contribution is 0.0695. The molecule has 0 N–H and O–H groups in total. The molecule has 2 rings (SSSR count). The van der Waals surface area contributed by atoms with Gasteiger partial charge in [-0.15, -0.1) is 10.2 Å². The lowest BCUT2D eigenvalue weighted by Gasteiger charge is -2.28. The average Bonchev–Trinajstić information content (AvgIpc) is 2.49. The zero-order chi connectivity index (χ0) is 15.4. The van der Waals surface area contributed by atoms with Gasteiger partial charge in [-0.2, -0.15) is 0 Å². The third kappa shape index (κ3) is 3.55. The Morgan fingerprint density at radius 2 is 1.90 bits per heavy atom. The first-order chi connectivity index (χ1) is 10.0. The fourth-order valence-electron chi connectivity index (χ4n) is 2.09. The summed E-state index contributed by atoms with van der Waals surface area (Å²) in [5.74, 6) is -0.539. The van der Waals surface area contributed by atoms with E-state index in [1.807, 2.05) is 13.8 Å². The van der Waals surface area contributed by atoms with Gasteiger partial charge >= 0.3 is 0 Å². The van der Waals surface area contributed by atoms with E-state index in [1.54, 1.807) is 17.0 Å². The Balaban J connectivity index is 2.23. The molecule has 1 amide bonds. The molecule has 21 heavy (non-hydrogen) atoms. The summed E-state index contributed by atoms with van der Waals surface area (Å²) in [5, 5.41) is 7.72. The molecule has 4 nitrogen and oxygen atoms in total. The predicted octanol–water partition coefficient (Wildman–Crippen LogP) is 3.49. The largest absolute Gasteiger partial charge is 0.331 e. The van der Waals surface area contributed by atoms with Crippen LogP contribution in [0.4, 0.5) is 4.39 Å². The summed E-state index contributed by atoms with van der Waals surface area (Å²) in [7, 11) is 0. The number of carbonyl (C=O) groups is 1. The lowest BCUT2D eigenvalue weighted by Crippen LogP contribution is -2.34. The van der Waals surface area contributed by atoms with Gasteiger partial charge in [0.1, 0.15) is 5.82 Å². The van der Waals surface area contributed by atoms with Crippen molar-refractivity contribution in [1.82, 2.24) is 15.1 Å². The molecule has 0 aliphatic heterocycles. The molecule has 0 saturated heterocycles. The summed E-state index contributed by atoms with van der Waals surface area (Å²) >= 11 is 5.67. The van der Waals surface area contributed by atoms with E-state index in [0.717, 1.165) is 5.56 Å². The Morgan fingerprint density at radius 1 is 1.24 bits per heavy atom. The Hall–Kier alpha value is -2.01. The van der Waals surface area contributed by atoms with E-state index in [-0.39, 0.29) is 28.6 Å². The van der Waals surface area contributed by atoms with Crippen LogP contribution in [0.2, 0.25) is 5.15 Å². The summed E-state index contributed by atoms with van der Waals surface area (Å²) in [6, 6.07) is 8.97. The number of nitrogens with zero attached hydrogens (tertiary/aromatic N) is 3. The number of halogens is 2. The van der Waals surface area contributed by atoms with E-state index in [4.69, 9.17) is 11.6 Å². The van der Waals surface area contributed by atoms with Crippen LogP contribution in [0.25, 0.3) is 0 Å². The monoisotopic (exact) mass is 307 g/mol. The first-order valence-electron chi connectivity index (χ1n) is 6.58. The van der Waals surface area contributed by atoms with Crippen molar-refractivity contribution in [2.75, 3.05) is 6.54 Å². The third-order valence-electron chi connectivity index (χ3n) is 3.27. The number of hydrogen-bond donors (Lipinski definition) is 0. The van der Waals surface area contributed by atoms with E-state index in [0.29, 0.717) is 6.54 Å². The van der Waals surface area contributed by atoms with Gasteiger partial charge in [0.05, 0.1) is 6.04 Å². The molecule has 0 aliphatic rings. The van der Waals surface area contributed by atoms with Crippen molar-refractivity contribution in [2.45, 2.75) is 19.9 Å². The second kappa shape index (κ2) is 6.63. The van der Waals surface area contributed by atoms with Crippen LogP contribution in [0.5, 0.6) is 0 Å². The highest BCUT2D eigenvalue weighted by molar-refractivity contribution is 6.29. The third-order valence-corrected chi connectivity index (χ3v) is 3.47. The molecule has 0 saturated carbocycles. The highest BCUT2D eigenvalue weighted by Crippen LogP contribution is 2.22. The minimum absolute atomic E-state index is 0.194. The van der Waals surface area contributed by atoms with Gasteiger partial charge in [0.2, 0.25) is 0 Å². The topological polar surface area (TPSA) is 46.1 Å². The number of aromatic nitrogens is 2. The fourth-order valence-corrected chi connectivity index (χ4v) is 2.19. The van der Waals surface area contributed by atoms with Crippen molar-refractivity contribution in [3.8, 4) is 0 Å². The number of benzene rings is 1. The van der Waals surface area contributed by atoms with Gasteiger partial charge in [-0.3, -0.25) is 4.79 Å². The molecule has 110 valence electrons.